The first-order chi connectivity index (χ1) is 12.2. The number of benzene rings is 1. The van der Waals surface area contributed by atoms with Crippen LogP contribution in [0, 0.1) is 5.92 Å². The summed E-state index contributed by atoms with van der Waals surface area (Å²) in [7, 11) is 3.62. The number of rotatable bonds is 6. The molecule has 1 aliphatic carbocycles. The molecule has 0 spiro atoms. The van der Waals surface area contributed by atoms with E-state index in [2.05, 4.69) is 5.32 Å². The molecule has 1 N–H and O–H groups in total. The zero-order valence-corrected chi connectivity index (χ0v) is 16.6. The molecule has 2 fully saturated rings. The van der Waals surface area contributed by atoms with Crippen LogP contribution in [-0.2, 0) is 0 Å². The van der Waals surface area contributed by atoms with Gasteiger partial charge >= 0.3 is 0 Å². The number of hydrogen-bond acceptors (Lipinski definition) is 4. The molecule has 0 radical (unpaired) electrons. The molecule has 146 valence electrons. The van der Waals surface area contributed by atoms with Crippen LogP contribution in [-0.4, -0.2) is 50.7 Å². The van der Waals surface area contributed by atoms with Crippen molar-refractivity contribution in [3.8, 4) is 11.5 Å². The second-order valence-electron chi connectivity index (χ2n) is 7.18. The van der Waals surface area contributed by atoms with E-state index < -0.39 is 0 Å². The predicted octanol–water partition coefficient (Wildman–Crippen LogP) is 3.51. The van der Waals surface area contributed by atoms with Crippen molar-refractivity contribution in [3.63, 3.8) is 0 Å². The average Bonchev–Trinajstić information content (AvgIpc) is 3.15. The van der Waals surface area contributed by atoms with Crippen molar-refractivity contribution in [3.05, 3.63) is 23.8 Å². The Morgan fingerprint density at radius 3 is 2.46 bits per heavy atom. The quantitative estimate of drug-likeness (QED) is 0.817. The number of methoxy groups -OCH3 is 1. The number of hydrogen-bond donors (Lipinski definition) is 1. The molecule has 0 aromatic heterocycles. The van der Waals surface area contributed by atoms with Crippen molar-refractivity contribution in [1.29, 1.82) is 0 Å². The normalized spacial score (nSPS) is 18.5. The fourth-order valence-electron chi connectivity index (χ4n) is 3.90. The van der Waals surface area contributed by atoms with E-state index in [1.54, 1.807) is 7.11 Å². The molecule has 1 saturated heterocycles. The van der Waals surface area contributed by atoms with E-state index in [0.29, 0.717) is 17.2 Å². The van der Waals surface area contributed by atoms with E-state index in [-0.39, 0.29) is 24.4 Å². The minimum Gasteiger partial charge on any atom is -0.493 e. The molecule has 1 amide bonds. The lowest BCUT2D eigenvalue weighted by molar-refractivity contribution is 0.0690. The van der Waals surface area contributed by atoms with Gasteiger partial charge in [0.25, 0.3) is 5.91 Å². The number of nitrogens with one attached hydrogen (secondary N) is 1. The van der Waals surface area contributed by atoms with Crippen LogP contribution in [0.15, 0.2) is 18.2 Å². The second kappa shape index (κ2) is 10.0. The summed E-state index contributed by atoms with van der Waals surface area (Å²) in [4.78, 5) is 14.8. The van der Waals surface area contributed by atoms with Gasteiger partial charge in [-0.2, -0.15) is 0 Å². The summed E-state index contributed by atoms with van der Waals surface area (Å²) in [5.74, 6) is 2.17. The van der Waals surface area contributed by atoms with Gasteiger partial charge in [0.05, 0.1) is 13.2 Å². The maximum atomic E-state index is 12.8. The third kappa shape index (κ3) is 5.04. The average molecular weight is 383 g/mol. The van der Waals surface area contributed by atoms with Crippen LogP contribution < -0.4 is 14.8 Å². The molecule has 2 aliphatic rings. The predicted molar refractivity (Wildman–Crippen MR) is 106 cm³/mol. The van der Waals surface area contributed by atoms with Crippen molar-refractivity contribution < 1.29 is 14.3 Å². The molecular formula is C20H31ClN2O3. The van der Waals surface area contributed by atoms with Crippen LogP contribution >= 0.6 is 12.4 Å². The minimum atomic E-state index is 0. The third-order valence-electron chi connectivity index (χ3n) is 5.40. The first-order valence-corrected chi connectivity index (χ1v) is 9.50. The fraction of sp³-hybridized carbons (Fsp3) is 0.650. The minimum absolute atomic E-state index is 0. The highest BCUT2D eigenvalue weighted by Crippen LogP contribution is 2.33. The van der Waals surface area contributed by atoms with Crippen LogP contribution in [0.5, 0.6) is 11.5 Å². The maximum absolute atomic E-state index is 12.8. The molecule has 1 aromatic carbocycles. The highest BCUT2D eigenvalue weighted by atomic mass is 35.5. The number of piperidine rings is 1. The van der Waals surface area contributed by atoms with Gasteiger partial charge in [-0.1, -0.05) is 0 Å². The van der Waals surface area contributed by atoms with Crippen molar-refractivity contribution in [2.24, 2.45) is 5.92 Å². The molecule has 0 bridgehead atoms. The molecule has 1 heterocycles. The second-order valence-corrected chi connectivity index (χ2v) is 7.18. The lowest BCUT2D eigenvalue weighted by Gasteiger charge is -2.32. The topological polar surface area (TPSA) is 50.8 Å². The van der Waals surface area contributed by atoms with Gasteiger partial charge in [0.2, 0.25) is 0 Å². The first-order valence-electron chi connectivity index (χ1n) is 9.50. The number of carbonyl (C=O) groups excluding carboxylic acids is 1. The van der Waals surface area contributed by atoms with Gasteiger partial charge in [0, 0.05) is 18.7 Å². The Morgan fingerprint density at radius 1 is 1.15 bits per heavy atom. The van der Waals surface area contributed by atoms with E-state index in [0.717, 1.165) is 51.1 Å². The summed E-state index contributed by atoms with van der Waals surface area (Å²) < 4.78 is 11.5. The van der Waals surface area contributed by atoms with Gasteiger partial charge in [-0.05, 0) is 76.2 Å². The molecule has 0 atom stereocenters. The lowest BCUT2D eigenvalue weighted by Crippen LogP contribution is -2.40. The lowest BCUT2D eigenvalue weighted by atomic mass is 9.96. The number of nitrogens with zero attached hydrogens (tertiary/aromatic N) is 1. The Bertz CT molecular complexity index is 582. The van der Waals surface area contributed by atoms with Gasteiger partial charge < -0.3 is 19.7 Å². The Labute approximate surface area is 162 Å². The number of ether oxygens (including phenoxy) is 2. The maximum Gasteiger partial charge on any atom is 0.253 e. The molecule has 0 unspecified atom stereocenters. The fourth-order valence-corrected chi connectivity index (χ4v) is 3.90. The zero-order valence-electron chi connectivity index (χ0n) is 15.8. The molecule has 3 rings (SSSR count). The zero-order chi connectivity index (χ0) is 17.6. The molecule has 1 aliphatic heterocycles. The van der Waals surface area contributed by atoms with E-state index >= 15 is 0 Å². The number of amides is 1. The van der Waals surface area contributed by atoms with Gasteiger partial charge in [0.15, 0.2) is 11.5 Å². The van der Waals surface area contributed by atoms with E-state index in [1.165, 1.54) is 12.8 Å². The largest absolute Gasteiger partial charge is 0.493 e. The van der Waals surface area contributed by atoms with Gasteiger partial charge in [0.1, 0.15) is 0 Å². The SMILES string of the molecule is CNCC1CCN(C(=O)c2ccc(OC3CCCC3)c(OC)c2)CC1.Cl. The molecular weight excluding hydrogens is 352 g/mol. The summed E-state index contributed by atoms with van der Waals surface area (Å²) >= 11 is 0. The Hall–Kier alpha value is -1.46. The van der Waals surface area contributed by atoms with Crippen molar-refractivity contribution >= 4 is 18.3 Å². The highest BCUT2D eigenvalue weighted by molar-refractivity contribution is 5.95. The van der Waals surface area contributed by atoms with Crippen LogP contribution in [0.3, 0.4) is 0 Å². The van der Waals surface area contributed by atoms with Crippen molar-refractivity contribution in [2.75, 3.05) is 33.8 Å². The van der Waals surface area contributed by atoms with Crippen LogP contribution in [0.4, 0.5) is 0 Å². The summed E-state index contributed by atoms with van der Waals surface area (Å²) in [5, 5.41) is 3.23. The summed E-state index contributed by atoms with van der Waals surface area (Å²) in [5.41, 5.74) is 0.683. The van der Waals surface area contributed by atoms with Crippen molar-refractivity contribution in [2.45, 2.75) is 44.6 Å². The van der Waals surface area contributed by atoms with E-state index in [1.807, 2.05) is 30.1 Å². The van der Waals surface area contributed by atoms with Gasteiger partial charge in [-0.15, -0.1) is 12.4 Å². The van der Waals surface area contributed by atoms with Crippen LogP contribution in [0.1, 0.15) is 48.9 Å². The molecule has 26 heavy (non-hydrogen) atoms. The Morgan fingerprint density at radius 2 is 1.85 bits per heavy atom. The van der Waals surface area contributed by atoms with Crippen molar-refractivity contribution in [1.82, 2.24) is 10.2 Å². The summed E-state index contributed by atoms with van der Waals surface area (Å²) in [6.07, 6.45) is 7.07. The number of halogens is 1. The molecule has 5 nitrogen and oxygen atoms in total. The molecule has 1 aromatic rings. The number of likely N-dealkylation sites (tertiary alicyclic amines) is 1. The van der Waals surface area contributed by atoms with Crippen LogP contribution in [0.25, 0.3) is 0 Å². The Kier molecular flexibility index (Phi) is 8.04. The third-order valence-corrected chi connectivity index (χ3v) is 5.40. The van der Waals surface area contributed by atoms with E-state index in [9.17, 15) is 4.79 Å². The molecule has 1 saturated carbocycles. The summed E-state index contributed by atoms with van der Waals surface area (Å²) in [6.45, 7) is 2.69. The summed E-state index contributed by atoms with van der Waals surface area (Å²) in [6, 6.07) is 5.58. The highest BCUT2D eigenvalue weighted by Gasteiger charge is 2.24. The molecule has 6 heteroatoms. The smallest absolute Gasteiger partial charge is 0.253 e. The first kappa shape index (κ1) is 20.8. The standard InChI is InChI=1S/C20H30N2O3.ClH/c1-21-14-15-9-11-22(12-10-15)20(23)16-7-8-18(19(13-16)24-2)25-17-5-3-4-6-17;/h7-8,13,15,17,21H,3-6,9-12,14H2,1-2H3;1H. The van der Waals surface area contributed by atoms with Crippen LogP contribution in [0.2, 0.25) is 0 Å². The van der Waals surface area contributed by atoms with E-state index in [4.69, 9.17) is 9.47 Å². The van der Waals surface area contributed by atoms with Gasteiger partial charge in [-0.25, -0.2) is 0 Å². The number of carbonyl (C=O) groups is 1. The monoisotopic (exact) mass is 382 g/mol. The van der Waals surface area contributed by atoms with Gasteiger partial charge in [-0.3, -0.25) is 4.79 Å². The Balaban J connectivity index is 0.00000243.